The number of rotatable bonds is 6. The van der Waals surface area contributed by atoms with Crippen LogP contribution in [-0.2, 0) is 9.16 Å². The fourth-order valence-electron chi connectivity index (χ4n) is 1.04. The standard InChI is InChI=1S/C10H22O2Si/c1-9(2)7-11-8-10(3)12-13(4,5)6/h10H,1,7-8H2,2-6H3. The molecule has 0 radical (unpaired) electrons. The van der Waals surface area contributed by atoms with E-state index in [1.165, 1.54) is 0 Å². The van der Waals surface area contributed by atoms with Crippen molar-refractivity contribution in [2.75, 3.05) is 13.2 Å². The smallest absolute Gasteiger partial charge is 0.184 e. The molecule has 13 heavy (non-hydrogen) atoms. The van der Waals surface area contributed by atoms with E-state index in [2.05, 4.69) is 33.1 Å². The zero-order valence-electron chi connectivity index (χ0n) is 9.52. The van der Waals surface area contributed by atoms with Gasteiger partial charge in [0.25, 0.3) is 0 Å². The Bertz CT molecular complexity index is 161. The van der Waals surface area contributed by atoms with Crippen LogP contribution < -0.4 is 0 Å². The lowest BCUT2D eigenvalue weighted by Crippen LogP contribution is -2.32. The van der Waals surface area contributed by atoms with Crippen molar-refractivity contribution in [3.8, 4) is 0 Å². The molecule has 1 unspecified atom stereocenters. The summed E-state index contributed by atoms with van der Waals surface area (Å²) in [6.07, 6.45) is 0.200. The molecule has 0 bridgehead atoms. The minimum Gasteiger partial charge on any atom is -0.413 e. The SMILES string of the molecule is C=C(C)COCC(C)O[Si](C)(C)C. The highest BCUT2D eigenvalue weighted by atomic mass is 28.4. The second-order valence-electron chi connectivity index (χ2n) is 4.51. The molecule has 0 saturated carbocycles. The van der Waals surface area contributed by atoms with Gasteiger partial charge in [-0.1, -0.05) is 12.2 Å². The van der Waals surface area contributed by atoms with Crippen molar-refractivity contribution in [3.63, 3.8) is 0 Å². The van der Waals surface area contributed by atoms with Gasteiger partial charge in [-0.25, -0.2) is 0 Å². The molecule has 1 atom stereocenters. The molecule has 0 spiro atoms. The molecular weight excluding hydrogens is 180 g/mol. The highest BCUT2D eigenvalue weighted by molar-refractivity contribution is 6.69. The van der Waals surface area contributed by atoms with Crippen molar-refractivity contribution >= 4 is 8.32 Å². The van der Waals surface area contributed by atoms with Gasteiger partial charge < -0.3 is 9.16 Å². The molecule has 0 rings (SSSR count). The Balaban J connectivity index is 3.52. The molecule has 0 saturated heterocycles. The first-order valence-corrected chi connectivity index (χ1v) is 8.12. The normalized spacial score (nSPS) is 14.2. The van der Waals surface area contributed by atoms with Crippen LogP contribution in [0.25, 0.3) is 0 Å². The van der Waals surface area contributed by atoms with Crippen LogP contribution in [0.5, 0.6) is 0 Å². The molecule has 3 heteroatoms. The summed E-state index contributed by atoms with van der Waals surface area (Å²) in [6, 6.07) is 0. The molecule has 0 heterocycles. The van der Waals surface area contributed by atoms with E-state index in [1.54, 1.807) is 0 Å². The van der Waals surface area contributed by atoms with Crippen LogP contribution in [0.15, 0.2) is 12.2 Å². The zero-order chi connectivity index (χ0) is 10.5. The van der Waals surface area contributed by atoms with Crippen molar-refractivity contribution in [1.82, 2.24) is 0 Å². The highest BCUT2D eigenvalue weighted by Crippen LogP contribution is 2.07. The molecule has 0 aromatic rings. The van der Waals surface area contributed by atoms with Crippen molar-refractivity contribution in [2.24, 2.45) is 0 Å². The fourth-order valence-corrected chi connectivity index (χ4v) is 2.31. The summed E-state index contributed by atoms with van der Waals surface area (Å²) < 4.78 is 11.2. The Morgan fingerprint density at radius 3 is 2.31 bits per heavy atom. The maximum Gasteiger partial charge on any atom is 0.184 e. The van der Waals surface area contributed by atoms with Gasteiger partial charge in [0.15, 0.2) is 8.32 Å². The summed E-state index contributed by atoms with van der Waals surface area (Å²) in [6.45, 7) is 15.6. The van der Waals surface area contributed by atoms with Gasteiger partial charge in [-0.2, -0.15) is 0 Å². The first-order valence-electron chi connectivity index (χ1n) is 4.71. The summed E-state index contributed by atoms with van der Waals surface area (Å²) in [5.74, 6) is 0. The van der Waals surface area contributed by atoms with Gasteiger partial charge in [0.05, 0.1) is 19.3 Å². The fraction of sp³-hybridized carbons (Fsp3) is 0.800. The van der Waals surface area contributed by atoms with E-state index in [9.17, 15) is 0 Å². The summed E-state index contributed by atoms with van der Waals surface area (Å²) in [5, 5.41) is 0. The summed E-state index contributed by atoms with van der Waals surface area (Å²) >= 11 is 0. The van der Waals surface area contributed by atoms with Crippen LogP contribution in [0.1, 0.15) is 13.8 Å². The van der Waals surface area contributed by atoms with Gasteiger partial charge in [0, 0.05) is 0 Å². The summed E-state index contributed by atoms with van der Waals surface area (Å²) in [4.78, 5) is 0. The number of hydrogen-bond acceptors (Lipinski definition) is 2. The van der Waals surface area contributed by atoms with Crippen molar-refractivity contribution in [3.05, 3.63) is 12.2 Å². The maximum absolute atomic E-state index is 5.80. The van der Waals surface area contributed by atoms with E-state index < -0.39 is 8.32 Å². The van der Waals surface area contributed by atoms with E-state index in [1.807, 2.05) is 6.92 Å². The Morgan fingerprint density at radius 1 is 1.38 bits per heavy atom. The maximum atomic E-state index is 5.80. The van der Waals surface area contributed by atoms with Gasteiger partial charge in [-0.15, -0.1) is 0 Å². The summed E-state index contributed by atoms with van der Waals surface area (Å²) in [5.41, 5.74) is 1.06. The molecule has 78 valence electrons. The Hall–Kier alpha value is -0.123. The van der Waals surface area contributed by atoms with Crippen LogP contribution in [0, 0.1) is 0 Å². The third kappa shape index (κ3) is 9.79. The number of hydrogen-bond donors (Lipinski definition) is 0. The lowest BCUT2D eigenvalue weighted by Gasteiger charge is -2.23. The minimum absolute atomic E-state index is 0.200. The Morgan fingerprint density at radius 2 is 1.92 bits per heavy atom. The molecule has 0 amide bonds. The zero-order valence-corrected chi connectivity index (χ0v) is 10.5. The van der Waals surface area contributed by atoms with E-state index in [-0.39, 0.29) is 6.10 Å². The molecule has 0 aromatic heterocycles. The largest absolute Gasteiger partial charge is 0.413 e. The third-order valence-corrected chi connectivity index (χ3v) is 2.37. The molecule has 0 aliphatic rings. The van der Waals surface area contributed by atoms with Crippen LogP contribution in [0.2, 0.25) is 19.6 Å². The van der Waals surface area contributed by atoms with Gasteiger partial charge in [-0.3, -0.25) is 0 Å². The first-order chi connectivity index (χ1) is 5.81. The Labute approximate surface area is 83.1 Å². The van der Waals surface area contributed by atoms with Gasteiger partial charge in [0.1, 0.15) is 0 Å². The molecule has 0 aliphatic carbocycles. The molecule has 0 N–H and O–H groups in total. The minimum atomic E-state index is -1.40. The molecular formula is C10H22O2Si. The lowest BCUT2D eigenvalue weighted by molar-refractivity contribution is 0.0668. The average Bonchev–Trinajstić information content (AvgIpc) is 1.81. The summed E-state index contributed by atoms with van der Waals surface area (Å²) in [7, 11) is -1.40. The monoisotopic (exact) mass is 202 g/mol. The first kappa shape index (κ1) is 12.9. The average molecular weight is 202 g/mol. The van der Waals surface area contributed by atoms with Crippen molar-refractivity contribution in [2.45, 2.75) is 39.6 Å². The predicted molar refractivity (Wildman–Crippen MR) is 59.5 cm³/mol. The van der Waals surface area contributed by atoms with Crippen molar-refractivity contribution < 1.29 is 9.16 Å². The second kappa shape index (κ2) is 5.57. The van der Waals surface area contributed by atoms with Crippen LogP contribution in [0.3, 0.4) is 0 Å². The van der Waals surface area contributed by atoms with Gasteiger partial charge >= 0.3 is 0 Å². The Kier molecular flexibility index (Phi) is 5.52. The topological polar surface area (TPSA) is 18.5 Å². The lowest BCUT2D eigenvalue weighted by atomic mass is 10.4. The third-order valence-electron chi connectivity index (χ3n) is 1.26. The molecule has 2 nitrogen and oxygen atoms in total. The van der Waals surface area contributed by atoms with E-state index in [0.29, 0.717) is 13.2 Å². The second-order valence-corrected chi connectivity index (χ2v) is 8.97. The van der Waals surface area contributed by atoms with E-state index >= 15 is 0 Å². The molecule has 0 fully saturated rings. The molecule has 0 aliphatic heterocycles. The van der Waals surface area contributed by atoms with Crippen LogP contribution >= 0.6 is 0 Å². The van der Waals surface area contributed by atoms with E-state index in [0.717, 1.165) is 5.57 Å². The van der Waals surface area contributed by atoms with Gasteiger partial charge in [-0.05, 0) is 33.5 Å². The highest BCUT2D eigenvalue weighted by Gasteiger charge is 2.17. The van der Waals surface area contributed by atoms with Crippen LogP contribution in [0.4, 0.5) is 0 Å². The quantitative estimate of drug-likeness (QED) is 0.487. The van der Waals surface area contributed by atoms with Crippen LogP contribution in [-0.4, -0.2) is 27.6 Å². The molecule has 0 aromatic carbocycles. The van der Waals surface area contributed by atoms with E-state index in [4.69, 9.17) is 9.16 Å². The van der Waals surface area contributed by atoms with Crippen molar-refractivity contribution in [1.29, 1.82) is 0 Å². The number of ether oxygens (including phenoxy) is 1. The predicted octanol–water partition coefficient (Wildman–Crippen LogP) is 2.82. The van der Waals surface area contributed by atoms with Gasteiger partial charge in [0.2, 0.25) is 0 Å².